The van der Waals surface area contributed by atoms with Gasteiger partial charge in [0.05, 0.1) is 6.54 Å². The maximum absolute atomic E-state index is 11.6. The van der Waals surface area contributed by atoms with Crippen LogP contribution in [0.3, 0.4) is 0 Å². The van der Waals surface area contributed by atoms with Crippen molar-refractivity contribution in [3.63, 3.8) is 0 Å². The lowest BCUT2D eigenvalue weighted by Crippen LogP contribution is -2.40. The van der Waals surface area contributed by atoms with Crippen molar-refractivity contribution in [2.45, 2.75) is 25.0 Å². The lowest BCUT2D eigenvalue weighted by molar-refractivity contribution is 0.0454. The molecule has 0 aliphatic heterocycles. The molecule has 1 amide bonds. The van der Waals surface area contributed by atoms with Crippen LogP contribution < -0.4 is 10.6 Å². The average molecular weight is 374 g/mol. The molecule has 0 spiro atoms. The van der Waals surface area contributed by atoms with Crippen molar-refractivity contribution in [2.75, 3.05) is 11.4 Å². The van der Waals surface area contributed by atoms with E-state index in [9.17, 15) is 9.90 Å². The molecule has 1 aromatic heterocycles. The van der Waals surface area contributed by atoms with Crippen molar-refractivity contribution in [1.82, 2.24) is 9.97 Å². The smallest absolute Gasteiger partial charge is 0.267 e. The lowest BCUT2D eigenvalue weighted by Gasteiger charge is -2.33. The normalized spacial score (nSPS) is 17.9. The highest BCUT2D eigenvalue weighted by Crippen LogP contribution is 2.38. The molecule has 1 aliphatic carbocycles. The quantitative estimate of drug-likeness (QED) is 0.691. The molecule has 3 N–H and O–H groups in total. The van der Waals surface area contributed by atoms with Gasteiger partial charge in [0.2, 0.25) is 0 Å². The molecule has 3 aromatic rings. The van der Waals surface area contributed by atoms with E-state index in [-0.39, 0.29) is 5.69 Å². The molecule has 2 aromatic carbocycles. The number of nitrogens with zero attached hydrogens (tertiary/aromatic N) is 3. The molecular weight excluding hydrogens is 352 g/mol. The van der Waals surface area contributed by atoms with Gasteiger partial charge in [-0.15, -0.1) is 0 Å². The highest BCUT2D eigenvalue weighted by Gasteiger charge is 2.38. The van der Waals surface area contributed by atoms with Crippen LogP contribution in [0.25, 0.3) is 0 Å². The van der Waals surface area contributed by atoms with Crippen LogP contribution in [0.1, 0.15) is 33.6 Å². The van der Waals surface area contributed by atoms with Crippen LogP contribution in [0.2, 0.25) is 0 Å². The summed E-state index contributed by atoms with van der Waals surface area (Å²) in [5.74, 6) is -0.0429. The third kappa shape index (κ3) is 3.59. The van der Waals surface area contributed by atoms with Gasteiger partial charge in [-0.1, -0.05) is 54.6 Å². The van der Waals surface area contributed by atoms with Crippen LogP contribution in [-0.4, -0.2) is 27.5 Å². The van der Waals surface area contributed by atoms with E-state index in [4.69, 9.17) is 5.73 Å². The van der Waals surface area contributed by atoms with Gasteiger partial charge in [-0.05, 0) is 29.5 Å². The Morgan fingerprint density at radius 1 is 1.11 bits per heavy atom. The molecule has 1 atom stereocenters. The van der Waals surface area contributed by atoms with Crippen molar-refractivity contribution >= 4 is 11.7 Å². The number of aryl methyl sites for hydroxylation is 1. The number of anilines is 1. The second kappa shape index (κ2) is 7.40. The van der Waals surface area contributed by atoms with Crippen LogP contribution in [0.15, 0.2) is 67.0 Å². The molecule has 6 nitrogen and oxygen atoms in total. The summed E-state index contributed by atoms with van der Waals surface area (Å²) < 4.78 is 0. The Kier molecular flexibility index (Phi) is 4.79. The Morgan fingerprint density at radius 2 is 1.86 bits per heavy atom. The van der Waals surface area contributed by atoms with Gasteiger partial charge in [0, 0.05) is 12.6 Å². The molecule has 0 fully saturated rings. The fourth-order valence-corrected chi connectivity index (χ4v) is 3.82. The van der Waals surface area contributed by atoms with Crippen molar-refractivity contribution in [1.29, 1.82) is 0 Å². The molecule has 1 aliphatic rings. The minimum Gasteiger partial charge on any atom is -0.383 e. The number of amides is 1. The number of primary amides is 1. The molecule has 0 saturated carbocycles. The first-order valence-corrected chi connectivity index (χ1v) is 9.27. The van der Waals surface area contributed by atoms with Crippen molar-refractivity contribution in [3.05, 3.63) is 89.4 Å². The number of hydrogen-bond donors (Lipinski definition) is 2. The zero-order valence-electron chi connectivity index (χ0n) is 15.5. The number of aliphatic hydroxyl groups is 1. The van der Waals surface area contributed by atoms with Gasteiger partial charge in [0.25, 0.3) is 5.91 Å². The summed E-state index contributed by atoms with van der Waals surface area (Å²) in [6.07, 6.45) is 2.81. The van der Waals surface area contributed by atoms with Crippen LogP contribution in [0.4, 0.5) is 5.82 Å². The van der Waals surface area contributed by atoms with Gasteiger partial charge in [0.15, 0.2) is 0 Å². The number of fused-ring (bicyclic) bond motifs is 1. The second-order valence-electron chi connectivity index (χ2n) is 7.16. The van der Waals surface area contributed by atoms with E-state index >= 15 is 0 Å². The predicted molar refractivity (Wildman–Crippen MR) is 107 cm³/mol. The first kappa shape index (κ1) is 18.1. The van der Waals surface area contributed by atoms with Gasteiger partial charge >= 0.3 is 0 Å². The minimum atomic E-state index is -0.983. The number of hydrogen-bond acceptors (Lipinski definition) is 5. The molecule has 1 heterocycles. The SMILES string of the molecule is NC(=O)c1cc(N(Cc2ccccc2)CC2(O)CCc3ccccc32)ncn1. The number of benzene rings is 2. The molecule has 4 rings (SSSR count). The van der Waals surface area contributed by atoms with Crippen LogP contribution in [-0.2, 0) is 18.6 Å². The number of aromatic nitrogens is 2. The van der Waals surface area contributed by atoms with E-state index in [0.29, 0.717) is 25.3 Å². The Labute approximate surface area is 163 Å². The zero-order chi connectivity index (χ0) is 19.6. The third-order valence-corrected chi connectivity index (χ3v) is 5.22. The average Bonchev–Trinajstić information content (AvgIpc) is 3.05. The maximum Gasteiger partial charge on any atom is 0.267 e. The number of rotatable bonds is 6. The Hall–Kier alpha value is -3.25. The molecule has 28 heavy (non-hydrogen) atoms. The maximum atomic E-state index is 11.6. The third-order valence-electron chi connectivity index (χ3n) is 5.22. The van der Waals surface area contributed by atoms with Crippen molar-refractivity contribution in [2.24, 2.45) is 5.73 Å². The Bertz CT molecular complexity index is 993. The van der Waals surface area contributed by atoms with E-state index in [2.05, 4.69) is 16.0 Å². The second-order valence-corrected chi connectivity index (χ2v) is 7.16. The zero-order valence-corrected chi connectivity index (χ0v) is 15.5. The van der Waals surface area contributed by atoms with Gasteiger partial charge in [-0.2, -0.15) is 0 Å². The van der Waals surface area contributed by atoms with Crippen LogP contribution in [0, 0.1) is 0 Å². The molecule has 6 heteroatoms. The van der Waals surface area contributed by atoms with Crippen LogP contribution >= 0.6 is 0 Å². The summed E-state index contributed by atoms with van der Waals surface area (Å²) in [5.41, 5.74) is 7.77. The molecular formula is C22H22N4O2. The van der Waals surface area contributed by atoms with E-state index in [1.807, 2.05) is 53.4 Å². The number of carbonyl (C=O) groups excluding carboxylic acids is 1. The van der Waals surface area contributed by atoms with Crippen LogP contribution in [0.5, 0.6) is 0 Å². The summed E-state index contributed by atoms with van der Waals surface area (Å²) in [7, 11) is 0. The summed E-state index contributed by atoms with van der Waals surface area (Å²) in [4.78, 5) is 21.8. The number of carbonyl (C=O) groups is 1. The first-order valence-electron chi connectivity index (χ1n) is 9.27. The molecule has 0 radical (unpaired) electrons. The van der Waals surface area contributed by atoms with E-state index in [0.717, 1.165) is 17.5 Å². The Balaban J connectivity index is 1.69. The molecule has 0 bridgehead atoms. The van der Waals surface area contributed by atoms with Gasteiger partial charge in [-0.3, -0.25) is 4.79 Å². The monoisotopic (exact) mass is 374 g/mol. The molecule has 142 valence electrons. The van der Waals surface area contributed by atoms with Gasteiger partial charge in [0.1, 0.15) is 23.4 Å². The number of nitrogens with two attached hydrogens (primary N) is 1. The summed E-state index contributed by atoms with van der Waals surface area (Å²) in [6.45, 7) is 0.897. The van der Waals surface area contributed by atoms with Crippen molar-refractivity contribution < 1.29 is 9.90 Å². The highest BCUT2D eigenvalue weighted by molar-refractivity contribution is 5.91. The summed E-state index contributed by atoms with van der Waals surface area (Å²) in [5, 5.41) is 11.5. The van der Waals surface area contributed by atoms with Gasteiger partial charge in [-0.25, -0.2) is 9.97 Å². The topological polar surface area (TPSA) is 92.3 Å². The Morgan fingerprint density at radius 3 is 2.64 bits per heavy atom. The van der Waals surface area contributed by atoms with E-state index < -0.39 is 11.5 Å². The molecule has 1 unspecified atom stereocenters. The van der Waals surface area contributed by atoms with E-state index in [1.54, 1.807) is 6.07 Å². The minimum absolute atomic E-state index is 0.155. The lowest BCUT2D eigenvalue weighted by atomic mass is 9.95. The fourth-order valence-electron chi connectivity index (χ4n) is 3.82. The first-order chi connectivity index (χ1) is 13.5. The summed E-state index contributed by atoms with van der Waals surface area (Å²) in [6, 6.07) is 19.5. The van der Waals surface area contributed by atoms with Gasteiger partial charge < -0.3 is 15.7 Å². The fraction of sp³-hybridized carbons (Fsp3) is 0.227. The van der Waals surface area contributed by atoms with E-state index in [1.165, 1.54) is 11.9 Å². The van der Waals surface area contributed by atoms with Crippen molar-refractivity contribution in [3.8, 4) is 0 Å². The summed E-state index contributed by atoms with van der Waals surface area (Å²) >= 11 is 0. The largest absolute Gasteiger partial charge is 0.383 e. The highest BCUT2D eigenvalue weighted by atomic mass is 16.3. The predicted octanol–water partition coefficient (Wildman–Crippen LogP) is 2.42. The molecule has 0 saturated heterocycles. The standard InChI is InChI=1S/C22H22N4O2/c23-21(27)19-12-20(25-15-24-19)26(13-16-6-2-1-3-7-16)14-22(28)11-10-17-8-4-5-9-18(17)22/h1-9,12,15,28H,10-11,13-14H2,(H2,23,27).